The van der Waals surface area contributed by atoms with Gasteiger partial charge in [-0.25, -0.2) is 8.42 Å². The van der Waals surface area contributed by atoms with Gasteiger partial charge >= 0.3 is 0 Å². The van der Waals surface area contributed by atoms with Crippen LogP contribution in [0.3, 0.4) is 0 Å². The first-order valence-electron chi connectivity index (χ1n) is 7.44. The zero-order valence-corrected chi connectivity index (χ0v) is 13.9. The minimum absolute atomic E-state index is 0.118. The minimum Gasteiger partial charge on any atom is -0.309 e. The highest BCUT2D eigenvalue weighted by molar-refractivity contribution is 7.92. The molecule has 0 spiro atoms. The third-order valence-corrected chi connectivity index (χ3v) is 6.65. The molecule has 114 valence electrons. The number of piperazine rings is 1. The maximum absolute atomic E-state index is 12.0. The highest BCUT2D eigenvalue weighted by Crippen LogP contribution is 2.20. The van der Waals surface area contributed by atoms with Gasteiger partial charge < -0.3 is 5.32 Å². The lowest BCUT2D eigenvalue weighted by atomic mass is 9.93. The molecule has 0 amide bonds. The molecule has 0 saturated carbocycles. The SMILES string of the molecule is CCC1CNC(C)(CC)CN1CCS(=O)(=O)C(C)C. The van der Waals surface area contributed by atoms with Crippen molar-refractivity contribution in [1.29, 1.82) is 0 Å². The third-order valence-electron chi connectivity index (χ3n) is 4.47. The van der Waals surface area contributed by atoms with E-state index in [-0.39, 0.29) is 16.5 Å². The fourth-order valence-electron chi connectivity index (χ4n) is 2.51. The number of hydrogen-bond donors (Lipinski definition) is 1. The van der Waals surface area contributed by atoms with Crippen molar-refractivity contribution in [2.24, 2.45) is 0 Å². The summed E-state index contributed by atoms with van der Waals surface area (Å²) in [6, 6.07) is 0.460. The molecule has 0 radical (unpaired) electrons. The highest BCUT2D eigenvalue weighted by Gasteiger charge is 2.34. The molecule has 19 heavy (non-hydrogen) atoms. The number of nitrogens with one attached hydrogen (secondary N) is 1. The number of nitrogens with zero attached hydrogens (tertiary/aromatic N) is 1. The molecule has 2 unspecified atom stereocenters. The summed E-state index contributed by atoms with van der Waals surface area (Å²) in [5.41, 5.74) is 0.118. The molecule has 0 aromatic rings. The van der Waals surface area contributed by atoms with Crippen molar-refractivity contribution in [2.75, 3.05) is 25.4 Å². The van der Waals surface area contributed by atoms with Gasteiger partial charge in [0.05, 0.1) is 11.0 Å². The van der Waals surface area contributed by atoms with Crippen molar-refractivity contribution in [3.63, 3.8) is 0 Å². The molecule has 0 bridgehead atoms. The van der Waals surface area contributed by atoms with Crippen molar-refractivity contribution in [3.05, 3.63) is 0 Å². The summed E-state index contributed by atoms with van der Waals surface area (Å²) in [6.07, 6.45) is 2.13. The molecule has 5 heteroatoms. The summed E-state index contributed by atoms with van der Waals surface area (Å²) in [7, 11) is -2.94. The summed E-state index contributed by atoms with van der Waals surface area (Å²) >= 11 is 0. The first-order valence-corrected chi connectivity index (χ1v) is 9.16. The van der Waals surface area contributed by atoms with E-state index in [1.807, 2.05) is 0 Å². The van der Waals surface area contributed by atoms with E-state index in [2.05, 4.69) is 31.0 Å². The predicted octanol–water partition coefficient (Wildman–Crippen LogP) is 1.66. The zero-order valence-electron chi connectivity index (χ0n) is 13.1. The normalized spacial score (nSPS) is 29.9. The Labute approximate surface area is 118 Å². The Bertz CT molecular complexity index is 381. The Balaban J connectivity index is 2.67. The second-order valence-corrected chi connectivity index (χ2v) is 8.92. The molecule has 1 aliphatic heterocycles. The summed E-state index contributed by atoms with van der Waals surface area (Å²) in [6.45, 7) is 12.7. The van der Waals surface area contributed by atoms with Gasteiger partial charge in [0.25, 0.3) is 0 Å². The smallest absolute Gasteiger partial charge is 0.153 e. The van der Waals surface area contributed by atoms with Crippen LogP contribution < -0.4 is 5.32 Å². The molecular weight excluding hydrogens is 260 g/mol. The van der Waals surface area contributed by atoms with Crippen LogP contribution in [0.5, 0.6) is 0 Å². The molecule has 4 nitrogen and oxygen atoms in total. The topological polar surface area (TPSA) is 49.4 Å². The molecule has 1 heterocycles. The van der Waals surface area contributed by atoms with E-state index < -0.39 is 9.84 Å². The van der Waals surface area contributed by atoms with Crippen molar-refractivity contribution in [3.8, 4) is 0 Å². The van der Waals surface area contributed by atoms with Gasteiger partial charge in [0, 0.05) is 31.2 Å². The number of rotatable bonds is 6. The van der Waals surface area contributed by atoms with Gasteiger partial charge in [0.2, 0.25) is 0 Å². The van der Waals surface area contributed by atoms with Crippen LogP contribution in [0.1, 0.15) is 47.5 Å². The van der Waals surface area contributed by atoms with Crippen molar-refractivity contribution < 1.29 is 8.42 Å². The van der Waals surface area contributed by atoms with Crippen LogP contribution >= 0.6 is 0 Å². The summed E-state index contributed by atoms with van der Waals surface area (Å²) in [5, 5.41) is 3.33. The Morgan fingerprint density at radius 3 is 2.47 bits per heavy atom. The van der Waals surface area contributed by atoms with E-state index in [1.54, 1.807) is 13.8 Å². The summed E-state index contributed by atoms with van der Waals surface area (Å²) < 4.78 is 23.9. The third kappa shape index (κ3) is 4.43. The molecule has 0 aromatic heterocycles. The van der Waals surface area contributed by atoms with Gasteiger partial charge in [-0.05, 0) is 33.6 Å². The van der Waals surface area contributed by atoms with E-state index in [4.69, 9.17) is 0 Å². The molecule has 2 atom stereocenters. The second kappa shape index (κ2) is 6.55. The Morgan fingerprint density at radius 2 is 2.00 bits per heavy atom. The standard InChI is InChI=1S/C14H30N2O2S/c1-6-13-10-15-14(5,7-2)11-16(13)8-9-19(17,18)12(3)4/h12-13,15H,6-11H2,1-5H3. The van der Waals surface area contributed by atoms with Crippen LogP contribution in [-0.4, -0.2) is 55.5 Å². The van der Waals surface area contributed by atoms with Gasteiger partial charge in [0.1, 0.15) is 0 Å². The van der Waals surface area contributed by atoms with E-state index in [0.29, 0.717) is 12.6 Å². The Morgan fingerprint density at radius 1 is 1.37 bits per heavy atom. The fraction of sp³-hybridized carbons (Fsp3) is 1.00. The first kappa shape index (κ1) is 16.9. The maximum atomic E-state index is 12.0. The summed E-state index contributed by atoms with van der Waals surface area (Å²) in [4.78, 5) is 2.36. The van der Waals surface area contributed by atoms with E-state index in [9.17, 15) is 8.42 Å². The predicted molar refractivity (Wildman–Crippen MR) is 81.3 cm³/mol. The van der Waals surface area contributed by atoms with Crippen LogP contribution in [0.2, 0.25) is 0 Å². The lowest BCUT2D eigenvalue weighted by Gasteiger charge is -2.46. The Hall–Kier alpha value is -0.130. The minimum atomic E-state index is -2.94. The van der Waals surface area contributed by atoms with Gasteiger partial charge in [-0.2, -0.15) is 0 Å². The van der Waals surface area contributed by atoms with E-state index >= 15 is 0 Å². The molecule has 0 aromatic carbocycles. The lowest BCUT2D eigenvalue weighted by Crippen LogP contribution is -2.63. The van der Waals surface area contributed by atoms with Gasteiger partial charge in [0.15, 0.2) is 9.84 Å². The molecule has 1 fully saturated rings. The van der Waals surface area contributed by atoms with Gasteiger partial charge in [-0.15, -0.1) is 0 Å². The van der Waals surface area contributed by atoms with E-state index in [0.717, 1.165) is 25.9 Å². The fourth-order valence-corrected chi connectivity index (χ4v) is 3.47. The molecule has 0 aliphatic carbocycles. The average Bonchev–Trinajstić information content (AvgIpc) is 2.36. The lowest BCUT2D eigenvalue weighted by molar-refractivity contribution is 0.0879. The molecule has 1 aliphatic rings. The molecule has 1 rings (SSSR count). The number of hydrogen-bond acceptors (Lipinski definition) is 4. The van der Waals surface area contributed by atoms with Crippen molar-refractivity contribution >= 4 is 9.84 Å². The highest BCUT2D eigenvalue weighted by atomic mass is 32.2. The van der Waals surface area contributed by atoms with Crippen molar-refractivity contribution in [2.45, 2.75) is 64.3 Å². The molecular formula is C14H30N2O2S. The number of sulfone groups is 1. The van der Waals surface area contributed by atoms with Crippen LogP contribution in [0, 0.1) is 0 Å². The largest absolute Gasteiger partial charge is 0.309 e. The van der Waals surface area contributed by atoms with Crippen LogP contribution in [0.15, 0.2) is 0 Å². The summed E-state index contributed by atoms with van der Waals surface area (Å²) in [5.74, 6) is 0.279. The monoisotopic (exact) mass is 290 g/mol. The van der Waals surface area contributed by atoms with Crippen LogP contribution in [0.25, 0.3) is 0 Å². The van der Waals surface area contributed by atoms with Gasteiger partial charge in [-0.3, -0.25) is 4.90 Å². The molecule has 1 saturated heterocycles. The zero-order chi connectivity index (χ0) is 14.7. The van der Waals surface area contributed by atoms with Gasteiger partial charge in [-0.1, -0.05) is 13.8 Å². The van der Waals surface area contributed by atoms with Crippen LogP contribution in [-0.2, 0) is 9.84 Å². The molecule has 1 N–H and O–H groups in total. The quantitative estimate of drug-likeness (QED) is 0.808. The Kier molecular flexibility index (Phi) is 5.83. The average molecular weight is 290 g/mol. The first-order chi connectivity index (χ1) is 8.74. The van der Waals surface area contributed by atoms with Crippen LogP contribution in [0.4, 0.5) is 0 Å². The van der Waals surface area contributed by atoms with E-state index in [1.165, 1.54) is 0 Å². The maximum Gasteiger partial charge on any atom is 0.153 e. The second-order valence-electron chi connectivity index (χ2n) is 6.24. The van der Waals surface area contributed by atoms with Crippen molar-refractivity contribution in [1.82, 2.24) is 10.2 Å².